The summed E-state index contributed by atoms with van der Waals surface area (Å²) in [6, 6.07) is 14.4. The number of carbonyl (C=O) groups excluding carboxylic acids is 1. The van der Waals surface area contributed by atoms with E-state index >= 15 is 0 Å². The Morgan fingerprint density at radius 2 is 1.76 bits per heavy atom. The molecule has 0 saturated heterocycles. The molecule has 7 nitrogen and oxygen atoms in total. The summed E-state index contributed by atoms with van der Waals surface area (Å²) < 4.78 is 39.3. The summed E-state index contributed by atoms with van der Waals surface area (Å²) >= 11 is 0. The number of nitrogens with zero attached hydrogens (tertiary/aromatic N) is 3. The minimum absolute atomic E-state index is 0.0513. The summed E-state index contributed by atoms with van der Waals surface area (Å²) in [6.45, 7) is 1.84. The second-order valence-corrected chi connectivity index (χ2v) is 8.61. The number of nitrogen functional groups attached to an aromatic ring is 1. The van der Waals surface area contributed by atoms with Crippen LogP contribution >= 0.6 is 0 Å². The highest BCUT2D eigenvalue weighted by atomic mass is 19.4. The van der Waals surface area contributed by atoms with E-state index in [1.807, 2.05) is 6.92 Å². The van der Waals surface area contributed by atoms with Crippen molar-refractivity contribution in [1.82, 2.24) is 15.0 Å². The van der Waals surface area contributed by atoms with E-state index in [-0.39, 0.29) is 17.3 Å². The van der Waals surface area contributed by atoms with Crippen LogP contribution in [0.5, 0.6) is 5.75 Å². The van der Waals surface area contributed by atoms with E-state index in [9.17, 15) is 23.1 Å². The van der Waals surface area contributed by atoms with E-state index in [0.29, 0.717) is 38.8 Å². The van der Waals surface area contributed by atoms with E-state index in [2.05, 4.69) is 20.3 Å². The number of nitrogens with one attached hydrogen (secondary N) is 1. The number of halogens is 3. The van der Waals surface area contributed by atoms with Gasteiger partial charge in [-0.1, -0.05) is 12.1 Å². The average molecular weight is 515 g/mol. The van der Waals surface area contributed by atoms with Crippen LogP contribution in [-0.2, 0) is 6.18 Å². The number of phenolic OH excluding ortho intramolecular Hbond substituents is 1. The highest BCUT2D eigenvalue weighted by Crippen LogP contribution is 2.44. The number of anilines is 2. The summed E-state index contributed by atoms with van der Waals surface area (Å²) in [7, 11) is 0. The highest BCUT2D eigenvalue weighted by molar-refractivity contribution is 6.06. The van der Waals surface area contributed by atoms with Gasteiger partial charge in [-0.25, -0.2) is 9.97 Å². The molecule has 190 valence electrons. The van der Waals surface area contributed by atoms with Gasteiger partial charge in [0.2, 0.25) is 5.95 Å². The lowest BCUT2D eigenvalue weighted by atomic mass is 9.92. The molecule has 0 spiro atoms. The van der Waals surface area contributed by atoms with Crippen molar-refractivity contribution in [2.45, 2.75) is 13.1 Å². The fourth-order valence-electron chi connectivity index (χ4n) is 4.21. The number of fused-ring (bicyclic) bond motifs is 1. The molecule has 5 rings (SSSR count). The predicted molar refractivity (Wildman–Crippen MR) is 138 cm³/mol. The van der Waals surface area contributed by atoms with E-state index in [0.717, 1.165) is 17.7 Å². The zero-order valence-corrected chi connectivity index (χ0v) is 19.9. The molecule has 10 heteroatoms. The van der Waals surface area contributed by atoms with Crippen LogP contribution in [0.15, 0.2) is 79.3 Å². The molecule has 0 atom stereocenters. The number of hydrogen-bond acceptors (Lipinski definition) is 6. The second kappa shape index (κ2) is 9.47. The maximum absolute atomic E-state index is 13.1. The summed E-state index contributed by atoms with van der Waals surface area (Å²) in [5.41, 5.74) is 8.50. The van der Waals surface area contributed by atoms with Gasteiger partial charge in [0, 0.05) is 40.8 Å². The van der Waals surface area contributed by atoms with Crippen molar-refractivity contribution in [2.75, 3.05) is 11.1 Å². The van der Waals surface area contributed by atoms with Crippen LogP contribution in [0.3, 0.4) is 0 Å². The summed E-state index contributed by atoms with van der Waals surface area (Å²) in [5.74, 6) is -0.711. The van der Waals surface area contributed by atoms with Gasteiger partial charge in [0.25, 0.3) is 5.91 Å². The number of phenols is 1. The summed E-state index contributed by atoms with van der Waals surface area (Å²) in [6.07, 6.45) is 0.168. The third-order valence-electron chi connectivity index (χ3n) is 6.07. The van der Waals surface area contributed by atoms with Crippen molar-refractivity contribution in [2.24, 2.45) is 0 Å². The Labute approximate surface area is 214 Å². The zero-order chi connectivity index (χ0) is 27.0. The lowest BCUT2D eigenvalue weighted by Gasteiger charge is -2.16. The molecule has 0 unspecified atom stereocenters. The van der Waals surface area contributed by atoms with Crippen molar-refractivity contribution < 1.29 is 23.1 Å². The Hall–Kier alpha value is -4.99. The third kappa shape index (κ3) is 4.71. The van der Waals surface area contributed by atoms with Crippen LogP contribution in [0.25, 0.3) is 33.2 Å². The van der Waals surface area contributed by atoms with Crippen LogP contribution < -0.4 is 11.1 Å². The fourth-order valence-corrected chi connectivity index (χ4v) is 4.21. The van der Waals surface area contributed by atoms with E-state index in [1.165, 1.54) is 12.1 Å². The molecule has 4 N–H and O–H groups in total. The maximum atomic E-state index is 13.1. The average Bonchev–Trinajstić information content (AvgIpc) is 2.89. The molecule has 3 aromatic carbocycles. The van der Waals surface area contributed by atoms with Gasteiger partial charge in [0.1, 0.15) is 5.75 Å². The first-order chi connectivity index (χ1) is 18.1. The molecule has 38 heavy (non-hydrogen) atoms. The number of pyridine rings is 1. The fraction of sp³-hybridized carbons (Fsp3) is 0.0714. The summed E-state index contributed by atoms with van der Waals surface area (Å²) in [4.78, 5) is 25.2. The smallest absolute Gasteiger partial charge is 0.416 e. The van der Waals surface area contributed by atoms with Crippen molar-refractivity contribution in [3.63, 3.8) is 0 Å². The van der Waals surface area contributed by atoms with Gasteiger partial charge in [-0.05, 0) is 72.1 Å². The molecule has 2 heterocycles. The van der Waals surface area contributed by atoms with Crippen molar-refractivity contribution in [3.8, 4) is 28.0 Å². The first kappa shape index (κ1) is 24.7. The quantitative estimate of drug-likeness (QED) is 0.262. The van der Waals surface area contributed by atoms with Crippen molar-refractivity contribution in [1.29, 1.82) is 0 Å². The van der Waals surface area contributed by atoms with Crippen LogP contribution in [0.2, 0.25) is 0 Å². The Balaban J connectivity index is 1.60. The lowest BCUT2D eigenvalue weighted by Crippen LogP contribution is -2.14. The molecule has 0 saturated carbocycles. The second-order valence-electron chi connectivity index (χ2n) is 8.61. The molecule has 2 aromatic heterocycles. The van der Waals surface area contributed by atoms with Gasteiger partial charge in [0.05, 0.1) is 16.6 Å². The molecule has 0 aliphatic rings. The topological polar surface area (TPSA) is 114 Å². The maximum Gasteiger partial charge on any atom is 0.416 e. The van der Waals surface area contributed by atoms with E-state index in [4.69, 9.17) is 5.73 Å². The molecule has 0 aliphatic heterocycles. The molecule has 5 aromatic rings. The molecular weight excluding hydrogens is 495 g/mol. The number of amides is 1. The number of aryl methyl sites for hydroxylation is 1. The van der Waals surface area contributed by atoms with E-state index in [1.54, 1.807) is 55.0 Å². The monoisotopic (exact) mass is 515 g/mol. The number of alkyl halides is 3. The van der Waals surface area contributed by atoms with E-state index < -0.39 is 17.6 Å². The van der Waals surface area contributed by atoms with Crippen LogP contribution in [-0.4, -0.2) is 26.0 Å². The zero-order valence-electron chi connectivity index (χ0n) is 19.9. The van der Waals surface area contributed by atoms with Gasteiger partial charge in [-0.3, -0.25) is 9.78 Å². The molecule has 0 aliphatic carbocycles. The Kier molecular flexibility index (Phi) is 6.15. The van der Waals surface area contributed by atoms with Gasteiger partial charge in [-0.15, -0.1) is 0 Å². The minimum Gasteiger partial charge on any atom is -0.507 e. The minimum atomic E-state index is -4.57. The summed E-state index contributed by atoms with van der Waals surface area (Å²) in [5, 5.41) is 14.7. The Morgan fingerprint density at radius 1 is 1.00 bits per heavy atom. The first-order valence-corrected chi connectivity index (χ1v) is 11.4. The number of carbonyl (C=O) groups is 1. The molecule has 1 amide bonds. The number of hydrogen-bond donors (Lipinski definition) is 3. The molecule has 0 radical (unpaired) electrons. The SMILES string of the molecule is Cc1ccc(NC(=O)c2cccc(C(F)(F)F)c2)cc1-c1cc2cnc(N)nc2c(-c2ccncc2)c1O. The van der Waals surface area contributed by atoms with Gasteiger partial charge in [0.15, 0.2) is 0 Å². The normalized spacial score (nSPS) is 11.5. The largest absolute Gasteiger partial charge is 0.507 e. The van der Waals surface area contributed by atoms with Gasteiger partial charge >= 0.3 is 6.18 Å². The molecule has 0 fully saturated rings. The third-order valence-corrected chi connectivity index (χ3v) is 6.07. The van der Waals surface area contributed by atoms with Crippen molar-refractivity contribution in [3.05, 3.63) is 95.9 Å². The van der Waals surface area contributed by atoms with Crippen LogP contribution in [0.1, 0.15) is 21.5 Å². The number of aromatic nitrogens is 3. The number of aromatic hydroxyl groups is 1. The number of nitrogens with two attached hydrogens (primary N) is 1. The highest BCUT2D eigenvalue weighted by Gasteiger charge is 2.31. The molecule has 0 bridgehead atoms. The Bertz CT molecular complexity index is 1690. The van der Waals surface area contributed by atoms with Gasteiger partial charge in [-0.2, -0.15) is 13.2 Å². The standard InChI is InChI=1S/C28H20F3N5O2/c1-15-5-6-20(35-26(38)17-3-2-4-19(11-17)28(29,30)31)13-21(15)22-12-18-14-34-27(32)36-24(18)23(25(22)37)16-7-9-33-10-8-16/h2-14,37H,1H3,(H,35,38)(H2,32,34,36). The van der Waals surface area contributed by atoms with Gasteiger partial charge < -0.3 is 16.2 Å². The first-order valence-electron chi connectivity index (χ1n) is 11.4. The Morgan fingerprint density at radius 3 is 2.50 bits per heavy atom. The lowest BCUT2D eigenvalue weighted by molar-refractivity contribution is -0.137. The molecular formula is C28H20F3N5O2. The van der Waals surface area contributed by atoms with Crippen molar-refractivity contribution >= 4 is 28.4 Å². The van der Waals surface area contributed by atoms with Crippen LogP contribution in [0, 0.1) is 6.92 Å². The number of rotatable bonds is 4. The number of benzene rings is 3. The van der Waals surface area contributed by atoms with Crippen LogP contribution in [0.4, 0.5) is 24.8 Å². The predicted octanol–water partition coefficient (Wildman–Crippen LogP) is 6.23.